The lowest BCUT2D eigenvalue weighted by molar-refractivity contribution is -0.120. The molecule has 0 saturated heterocycles. The fraction of sp³-hybridized carbons (Fsp3) is 0.550. The van der Waals surface area contributed by atoms with Gasteiger partial charge in [-0.05, 0) is 39.2 Å². The number of carbonyl (C=O) groups is 1. The summed E-state index contributed by atoms with van der Waals surface area (Å²) < 4.78 is 2.24. The first-order chi connectivity index (χ1) is 12.6. The zero-order valence-corrected chi connectivity index (χ0v) is 16.6. The van der Waals surface area contributed by atoms with Crippen molar-refractivity contribution in [3.8, 4) is 0 Å². The van der Waals surface area contributed by atoms with Crippen LogP contribution in [0.2, 0.25) is 0 Å². The highest BCUT2D eigenvalue weighted by Gasteiger charge is 2.25. The van der Waals surface area contributed by atoms with Crippen LogP contribution in [0.25, 0.3) is 0 Å². The van der Waals surface area contributed by atoms with E-state index in [9.17, 15) is 4.79 Å². The maximum Gasteiger partial charge on any atom is 0.233 e. The molecule has 1 amide bonds. The summed E-state index contributed by atoms with van der Waals surface area (Å²) in [6.45, 7) is 5.96. The molecule has 2 atom stereocenters. The summed E-state index contributed by atoms with van der Waals surface area (Å²) in [7, 11) is 0. The van der Waals surface area contributed by atoms with Crippen LogP contribution in [0.4, 0.5) is 0 Å². The zero-order chi connectivity index (χ0) is 18.5. The molecule has 1 N–H and O–H groups in total. The maximum atomic E-state index is 12.6. The van der Waals surface area contributed by atoms with Crippen molar-refractivity contribution < 1.29 is 4.79 Å². The summed E-state index contributed by atoms with van der Waals surface area (Å²) >= 11 is 1.51. The number of aryl methyl sites for hydroxylation is 1. The van der Waals surface area contributed by atoms with Crippen LogP contribution < -0.4 is 5.32 Å². The number of rotatable bonds is 6. The van der Waals surface area contributed by atoms with Gasteiger partial charge in [-0.15, -0.1) is 10.2 Å². The fourth-order valence-corrected chi connectivity index (χ4v) is 4.53. The van der Waals surface area contributed by atoms with Gasteiger partial charge in [-0.3, -0.25) is 4.79 Å². The topological polar surface area (TPSA) is 59.8 Å². The molecule has 3 rings (SSSR count). The molecule has 6 heteroatoms. The summed E-state index contributed by atoms with van der Waals surface area (Å²) in [5.41, 5.74) is 1.11. The van der Waals surface area contributed by atoms with Gasteiger partial charge in [-0.25, -0.2) is 0 Å². The standard InChI is InChI=1S/C20H28N4OS/c1-14(17-10-6-4-7-11-17)21-19(25)15(2)26-20-23-22-16(3)24(20)18-12-8-5-9-13-18/h4,6-7,10-11,14-15,18H,5,8-9,12-13H2,1-3H3,(H,21,25). The van der Waals surface area contributed by atoms with Crippen LogP contribution in [-0.4, -0.2) is 25.9 Å². The lowest BCUT2D eigenvalue weighted by atomic mass is 9.95. The van der Waals surface area contributed by atoms with E-state index in [2.05, 4.69) is 20.1 Å². The SMILES string of the molecule is Cc1nnc(SC(C)C(=O)NC(C)c2ccccc2)n1C1CCCCC1. The molecule has 1 heterocycles. The van der Waals surface area contributed by atoms with Crippen molar-refractivity contribution in [3.05, 3.63) is 41.7 Å². The number of hydrogen-bond donors (Lipinski definition) is 1. The molecule has 0 radical (unpaired) electrons. The van der Waals surface area contributed by atoms with E-state index >= 15 is 0 Å². The minimum atomic E-state index is -0.216. The fourth-order valence-electron chi connectivity index (χ4n) is 3.56. The highest BCUT2D eigenvalue weighted by Crippen LogP contribution is 2.33. The molecule has 1 aliphatic carbocycles. The molecule has 5 nitrogen and oxygen atoms in total. The van der Waals surface area contributed by atoms with Gasteiger partial charge in [0.15, 0.2) is 5.16 Å². The highest BCUT2D eigenvalue weighted by atomic mass is 32.2. The predicted octanol–water partition coefficient (Wildman–Crippen LogP) is 4.45. The summed E-state index contributed by atoms with van der Waals surface area (Å²) in [6, 6.07) is 10.5. The van der Waals surface area contributed by atoms with Crippen LogP contribution in [0.15, 0.2) is 35.5 Å². The molecule has 1 fully saturated rings. The van der Waals surface area contributed by atoms with Crippen molar-refractivity contribution in [1.82, 2.24) is 20.1 Å². The summed E-state index contributed by atoms with van der Waals surface area (Å²) in [6.07, 6.45) is 6.19. The number of aromatic nitrogens is 3. The Balaban J connectivity index is 1.64. The Bertz CT molecular complexity index is 725. The third kappa shape index (κ3) is 4.47. The number of thioether (sulfide) groups is 1. The summed E-state index contributed by atoms with van der Waals surface area (Å²) in [4.78, 5) is 12.6. The lowest BCUT2D eigenvalue weighted by Crippen LogP contribution is -2.33. The van der Waals surface area contributed by atoms with Gasteiger partial charge in [-0.2, -0.15) is 0 Å². The first-order valence-electron chi connectivity index (χ1n) is 9.49. The van der Waals surface area contributed by atoms with Gasteiger partial charge in [-0.1, -0.05) is 61.4 Å². The van der Waals surface area contributed by atoms with E-state index in [1.165, 1.54) is 43.9 Å². The molecule has 0 bridgehead atoms. The monoisotopic (exact) mass is 372 g/mol. The van der Waals surface area contributed by atoms with Gasteiger partial charge < -0.3 is 9.88 Å². The molecular weight excluding hydrogens is 344 g/mol. The van der Waals surface area contributed by atoms with Crippen molar-refractivity contribution in [2.75, 3.05) is 0 Å². The molecule has 1 aromatic heterocycles. The number of carbonyl (C=O) groups excluding carboxylic acids is 1. The van der Waals surface area contributed by atoms with Crippen molar-refractivity contribution in [2.45, 2.75) is 75.4 Å². The Morgan fingerprint density at radius 2 is 1.85 bits per heavy atom. The van der Waals surface area contributed by atoms with Crippen molar-refractivity contribution in [3.63, 3.8) is 0 Å². The van der Waals surface area contributed by atoms with E-state index in [0.29, 0.717) is 6.04 Å². The van der Waals surface area contributed by atoms with Crippen molar-refractivity contribution in [1.29, 1.82) is 0 Å². The van der Waals surface area contributed by atoms with E-state index in [1.807, 2.05) is 51.1 Å². The summed E-state index contributed by atoms with van der Waals surface area (Å²) in [5, 5.41) is 12.4. The second-order valence-electron chi connectivity index (χ2n) is 7.09. The Morgan fingerprint density at radius 3 is 2.54 bits per heavy atom. The molecule has 0 spiro atoms. The van der Waals surface area contributed by atoms with Gasteiger partial charge in [0.2, 0.25) is 5.91 Å². The zero-order valence-electron chi connectivity index (χ0n) is 15.8. The molecule has 2 aromatic rings. The van der Waals surface area contributed by atoms with Crippen LogP contribution >= 0.6 is 11.8 Å². The van der Waals surface area contributed by atoms with E-state index in [4.69, 9.17) is 0 Å². The quantitative estimate of drug-likeness (QED) is 0.761. The third-order valence-corrected chi connectivity index (χ3v) is 6.14. The number of nitrogens with one attached hydrogen (secondary N) is 1. The van der Waals surface area contributed by atoms with E-state index in [0.717, 1.165) is 16.5 Å². The van der Waals surface area contributed by atoms with Gasteiger partial charge >= 0.3 is 0 Å². The smallest absolute Gasteiger partial charge is 0.233 e. The van der Waals surface area contributed by atoms with Crippen molar-refractivity contribution >= 4 is 17.7 Å². The minimum absolute atomic E-state index is 0.00954. The molecule has 1 saturated carbocycles. The van der Waals surface area contributed by atoms with Crippen molar-refractivity contribution in [2.24, 2.45) is 0 Å². The average molecular weight is 373 g/mol. The van der Waals surface area contributed by atoms with Crippen LogP contribution in [0.3, 0.4) is 0 Å². The Morgan fingerprint density at radius 1 is 1.15 bits per heavy atom. The van der Waals surface area contributed by atoms with Crippen LogP contribution in [0.1, 0.15) is 69.4 Å². The molecule has 2 unspecified atom stereocenters. The number of nitrogens with zero attached hydrogens (tertiary/aromatic N) is 3. The van der Waals surface area contributed by atoms with Gasteiger partial charge in [0.05, 0.1) is 11.3 Å². The normalized spacial score (nSPS) is 17.7. The van der Waals surface area contributed by atoms with E-state index in [-0.39, 0.29) is 17.2 Å². The predicted molar refractivity (Wildman–Crippen MR) is 105 cm³/mol. The van der Waals surface area contributed by atoms with Gasteiger partial charge in [0.25, 0.3) is 0 Å². The van der Waals surface area contributed by atoms with Crippen LogP contribution in [0, 0.1) is 6.92 Å². The largest absolute Gasteiger partial charge is 0.349 e. The second-order valence-corrected chi connectivity index (χ2v) is 8.40. The van der Waals surface area contributed by atoms with E-state index in [1.54, 1.807) is 0 Å². The average Bonchev–Trinajstić information content (AvgIpc) is 3.03. The maximum absolute atomic E-state index is 12.6. The first-order valence-corrected chi connectivity index (χ1v) is 10.4. The third-order valence-electron chi connectivity index (χ3n) is 5.08. The Labute approximate surface area is 160 Å². The van der Waals surface area contributed by atoms with Crippen LogP contribution in [0.5, 0.6) is 0 Å². The summed E-state index contributed by atoms with van der Waals surface area (Å²) in [5.74, 6) is 0.979. The van der Waals surface area contributed by atoms with Gasteiger partial charge in [0, 0.05) is 6.04 Å². The number of amides is 1. The molecule has 1 aliphatic rings. The van der Waals surface area contributed by atoms with Gasteiger partial charge in [0.1, 0.15) is 5.82 Å². The molecule has 1 aromatic carbocycles. The number of benzene rings is 1. The molecular formula is C20H28N4OS. The van der Waals surface area contributed by atoms with Crippen LogP contribution in [-0.2, 0) is 4.79 Å². The Kier molecular flexibility index (Phi) is 6.35. The second kappa shape index (κ2) is 8.71. The lowest BCUT2D eigenvalue weighted by Gasteiger charge is -2.25. The number of hydrogen-bond acceptors (Lipinski definition) is 4. The molecule has 26 heavy (non-hydrogen) atoms. The Hall–Kier alpha value is -1.82. The van der Waals surface area contributed by atoms with E-state index < -0.39 is 0 Å². The first kappa shape index (κ1) is 19.0. The molecule has 140 valence electrons. The minimum Gasteiger partial charge on any atom is -0.349 e. The highest BCUT2D eigenvalue weighted by molar-refractivity contribution is 8.00. The molecule has 0 aliphatic heterocycles.